The van der Waals surface area contributed by atoms with E-state index in [-0.39, 0.29) is 16.3 Å². The molecule has 1 amide bonds. The van der Waals surface area contributed by atoms with E-state index in [0.717, 1.165) is 9.87 Å². The Hall–Kier alpha value is -2.39. The fourth-order valence-corrected chi connectivity index (χ4v) is 6.85. The van der Waals surface area contributed by atoms with Crippen molar-refractivity contribution < 1.29 is 21.6 Å². The van der Waals surface area contributed by atoms with Crippen molar-refractivity contribution in [3.8, 4) is 0 Å². The Morgan fingerprint density at radius 2 is 1.67 bits per heavy atom. The predicted molar refractivity (Wildman–Crippen MR) is 118 cm³/mol. The number of carbonyl (C=O) groups excluding carboxylic acids is 1. The van der Waals surface area contributed by atoms with Gasteiger partial charge in [-0.15, -0.1) is 0 Å². The van der Waals surface area contributed by atoms with Crippen LogP contribution in [0.25, 0.3) is 0 Å². The van der Waals surface area contributed by atoms with E-state index in [1.807, 2.05) is 12.1 Å². The van der Waals surface area contributed by atoms with Gasteiger partial charge in [0.15, 0.2) is 0 Å². The topological polar surface area (TPSA) is 101 Å². The van der Waals surface area contributed by atoms with E-state index in [1.54, 1.807) is 32.9 Å². The van der Waals surface area contributed by atoms with Gasteiger partial charge in [0.25, 0.3) is 10.0 Å². The number of rotatable bonds is 5. The van der Waals surface area contributed by atoms with Crippen LogP contribution in [0.1, 0.15) is 44.7 Å². The first-order valence-corrected chi connectivity index (χ1v) is 12.6. The molecule has 1 aliphatic rings. The summed E-state index contributed by atoms with van der Waals surface area (Å²) in [5, 5.41) is 0. The van der Waals surface area contributed by atoms with Crippen molar-refractivity contribution in [1.29, 1.82) is 0 Å². The van der Waals surface area contributed by atoms with Crippen LogP contribution in [0.15, 0.2) is 47.4 Å². The van der Waals surface area contributed by atoms with Gasteiger partial charge in [-0.25, -0.2) is 21.1 Å². The maximum atomic E-state index is 12.9. The highest BCUT2D eigenvalue weighted by Gasteiger charge is 2.50. The smallest absolute Gasteiger partial charge is 0.262 e. The molecule has 7 nitrogen and oxygen atoms in total. The zero-order valence-electron chi connectivity index (χ0n) is 17.6. The minimum Gasteiger partial charge on any atom is -0.280 e. The molecule has 9 heteroatoms. The fourth-order valence-electron chi connectivity index (χ4n) is 3.47. The van der Waals surface area contributed by atoms with Gasteiger partial charge in [0.1, 0.15) is 0 Å². The van der Waals surface area contributed by atoms with Crippen LogP contribution in [0.5, 0.6) is 0 Å². The molecule has 0 spiro atoms. The number of aryl methyl sites for hydroxylation is 1. The molecule has 2 aromatic carbocycles. The van der Waals surface area contributed by atoms with E-state index < -0.39 is 31.4 Å². The molecular weight excluding hydrogens is 424 g/mol. The molecule has 0 unspecified atom stereocenters. The molecule has 1 heterocycles. The summed E-state index contributed by atoms with van der Waals surface area (Å²) in [6, 6.07) is 11.2. The van der Waals surface area contributed by atoms with Crippen LogP contribution in [-0.4, -0.2) is 28.5 Å². The van der Waals surface area contributed by atoms with Crippen molar-refractivity contribution in [2.75, 3.05) is 14.8 Å². The minimum absolute atomic E-state index is 0.0162. The molecule has 0 bridgehead atoms. The first kappa shape index (κ1) is 22.3. The van der Waals surface area contributed by atoms with Crippen molar-refractivity contribution in [3.63, 3.8) is 0 Å². The van der Waals surface area contributed by atoms with Gasteiger partial charge >= 0.3 is 0 Å². The van der Waals surface area contributed by atoms with E-state index in [0.29, 0.717) is 17.2 Å². The lowest BCUT2D eigenvalue weighted by molar-refractivity contribution is -0.123. The summed E-state index contributed by atoms with van der Waals surface area (Å²) in [4.78, 5) is 12.6. The maximum absolute atomic E-state index is 12.9. The summed E-state index contributed by atoms with van der Waals surface area (Å²) >= 11 is 0. The van der Waals surface area contributed by atoms with E-state index in [9.17, 15) is 21.6 Å². The highest BCUT2D eigenvalue weighted by Crippen LogP contribution is 2.36. The first-order valence-electron chi connectivity index (χ1n) is 9.55. The zero-order chi connectivity index (χ0) is 22.5. The molecule has 30 heavy (non-hydrogen) atoms. The van der Waals surface area contributed by atoms with Gasteiger partial charge in [0.2, 0.25) is 15.9 Å². The Kier molecular flexibility index (Phi) is 5.49. The third kappa shape index (κ3) is 4.09. The van der Waals surface area contributed by atoms with Crippen LogP contribution < -0.4 is 9.03 Å². The summed E-state index contributed by atoms with van der Waals surface area (Å²) in [5.41, 5.74) is 0.982. The Labute approximate surface area is 178 Å². The van der Waals surface area contributed by atoms with Gasteiger partial charge in [0.05, 0.1) is 21.8 Å². The molecule has 1 N–H and O–H groups in total. The van der Waals surface area contributed by atoms with E-state index >= 15 is 0 Å². The third-order valence-corrected chi connectivity index (χ3v) is 8.66. The lowest BCUT2D eigenvalue weighted by Crippen LogP contribution is -2.33. The standard InChI is InChI=1S/C21H26N2O5S2/c1-14(2)16-6-8-17(9-7-16)22-30(27,28)19-11-10-18(12-15(19)3)23-20(24)21(4,5)13-29(23,25)26/h6-12,14,22H,13H2,1-5H3. The van der Waals surface area contributed by atoms with Crippen LogP contribution in [0, 0.1) is 12.3 Å². The highest BCUT2D eigenvalue weighted by molar-refractivity contribution is 7.94. The van der Waals surface area contributed by atoms with Crippen molar-refractivity contribution >= 4 is 37.3 Å². The number of nitrogens with one attached hydrogen (secondary N) is 1. The largest absolute Gasteiger partial charge is 0.280 e. The molecule has 0 aliphatic carbocycles. The third-order valence-electron chi connectivity index (χ3n) is 5.10. The van der Waals surface area contributed by atoms with Gasteiger partial charge in [-0.2, -0.15) is 0 Å². The molecule has 0 aromatic heterocycles. The Morgan fingerprint density at radius 3 is 2.13 bits per heavy atom. The van der Waals surface area contributed by atoms with Crippen LogP contribution in [0.3, 0.4) is 0 Å². The summed E-state index contributed by atoms with van der Waals surface area (Å²) in [6.07, 6.45) is 0. The summed E-state index contributed by atoms with van der Waals surface area (Å²) in [5.74, 6) is -0.479. The number of hydrogen-bond donors (Lipinski definition) is 1. The van der Waals surface area contributed by atoms with E-state index in [1.165, 1.54) is 18.2 Å². The average Bonchev–Trinajstić information content (AvgIpc) is 2.77. The van der Waals surface area contributed by atoms with Gasteiger partial charge < -0.3 is 0 Å². The van der Waals surface area contributed by atoms with Crippen molar-refractivity contribution in [2.45, 2.75) is 45.4 Å². The Morgan fingerprint density at radius 1 is 1.07 bits per heavy atom. The zero-order valence-corrected chi connectivity index (χ0v) is 19.3. The highest BCUT2D eigenvalue weighted by atomic mass is 32.2. The summed E-state index contributed by atoms with van der Waals surface area (Å²) in [6.45, 7) is 8.82. The molecule has 1 saturated heterocycles. The molecule has 162 valence electrons. The second-order valence-corrected chi connectivity index (χ2v) is 12.0. The molecule has 0 radical (unpaired) electrons. The number of nitrogens with zero attached hydrogens (tertiary/aromatic N) is 1. The SMILES string of the molecule is Cc1cc(N2C(=O)C(C)(C)CS2(=O)=O)ccc1S(=O)(=O)Nc1ccc(C(C)C)cc1. The van der Waals surface area contributed by atoms with Crippen LogP contribution >= 0.6 is 0 Å². The lowest BCUT2D eigenvalue weighted by Gasteiger charge is -2.19. The van der Waals surface area contributed by atoms with Gasteiger partial charge in [0, 0.05) is 5.69 Å². The molecule has 3 rings (SSSR count). The number of sulfonamides is 2. The Bertz CT molecular complexity index is 1200. The van der Waals surface area contributed by atoms with Crippen molar-refractivity contribution in [1.82, 2.24) is 0 Å². The molecule has 0 atom stereocenters. The lowest BCUT2D eigenvalue weighted by atomic mass is 9.95. The summed E-state index contributed by atoms with van der Waals surface area (Å²) in [7, 11) is -7.69. The minimum atomic E-state index is -3.89. The summed E-state index contributed by atoms with van der Waals surface area (Å²) < 4.78 is 54.0. The molecule has 1 fully saturated rings. The predicted octanol–water partition coefficient (Wildman–Crippen LogP) is 3.62. The molecular formula is C21H26N2O5S2. The second kappa shape index (κ2) is 7.39. The number of anilines is 2. The van der Waals surface area contributed by atoms with Gasteiger partial charge in [-0.05, 0) is 68.1 Å². The molecule has 2 aromatic rings. The number of carbonyl (C=O) groups is 1. The van der Waals surface area contributed by atoms with Crippen LogP contribution in [0.2, 0.25) is 0 Å². The second-order valence-electron chi connectivity index (χ2n) is 8.54. The van der Waals surface area contributed by atoms with Crippen molar-refractivity contribution in [3.05, 3.63) is 53.6 Å². The first-order chi connectivity index (χ1) is 13.7. The molecule has 0 saturated carbocycles. The maximum Gasteiger partial charge on any atom is 0.262 e. The van der Waals surface area contributed by atoms with Gasteiger partial charge in [-0.1, -0.05) is 26.0 Å². The van der Waals surface area contributed by atoms with E-state index in [4.69, 9.17) is 0 Å². The van der Waals surface area contributed by atoms with Gasteiger partial charge in [-0.3, -0.25) is 9.52 Å². The van der Waals surface area contributed by atoms with E-state index in [2.05, 4.69) is 18.6 Å². The number of benzene rings is 2. The van der Waals surface area contributed by atoms with Crippen LogP contribution in [0.4, 0.5) is 11.4 Å². The normalized spacial score (nSPS) is 18.1. The number of amides is 1. The fraction of sp³-hybridized carbons (Fsp3) is 0.381. The van der Waals surface area contributed by atoms with Crippen LogP contribution in [-0.2, 0) is 24.8 Å². The molecule has 1 aliphatic heterocycles. The Balaban J connectivity index is 1.92. The van der Waals surface area contributed by atoms with Crippen molar-refractivity contribution in [2.24, 2.45) is 5.41 Å². The monoisotopic (exact) mass is 450 g/mol. The average molecular weight is 451 g/mol. The quantitative estimate of drug-likeness (QED) is 0.750. The number of hydrogen-bond acceptors (Lipinski definition) is 5.